The predicted molar refractivity (Wildman–Crippen MR) is 119 cm³/mol. The van der Waals surface area contributed by atoms with Crippen LogP contribution < -0.4 is 5.32 Å². The Morgan fingerprint density at radius 2 is 2.03 bits per heavy atom. The van der Waals surface area contributed by atoms with Gasteiger partial charge in [-0.3, -0.25) is 4.79 Å². The van der Waals surface area contributed by atoms with Crippen molar-refractivity contribution in [2.24, 2.45) is 7.05 Å². The van der Waals surface area contributed by atoms with E-state index in [9.17, 15) is 9.90 Å². The Balaban J connectivity index is 1.44. The normalized spacial score (nSPS) is 12.3. The number of thiazole rings is 1. The van der Waals surface area contributed by atoms with Crippen molar-refractivity contribution in [2.75, 3.05) is 0 Å². The lowest BCUT2D eigenvalue weighted by Gasteiger charge is -2.15. The molecular weight excluding hydrogens is 412 g/mol. The van der Waals surface area contributed by atoms with Crippen LogP contribution in [0.25, 0.3) is 32.0 Å². The first-order valence-corrected chi connectivity index (χ1v) is 10.4. The van der Waals surface area contributed by atoms with Crippen LogP contribution >= 0.6 is 11.3 Å². The molecule has 154 valence electrons. The van der Waals surface area contributed by atoms with Gasteiger partial charge in [-0.15, -0.1) is 0 Å². The molecule has 8 nitrogen and oxygen atoms in total. The molecule has 4 heterocycles. The van der Waals surface area contributed by atoms with E-state index in [4.69, 9.17) is 4.98 Å². The van der Waals surface area contributed by atoms with Crippen molar-refractivity contribution in [3.63, 3.8) is 0 Å². The standard InChI is InChI=1S/C22H18N6O2S/c1-12(26-20(30)15-6-7-17(29)23-9-15)13-4-3-5-14(8-13)21-27-18-19-16(25-11-28(19)2)10-24-22(18)31-21/h3-12H,1-2H3,(H,23,29)(H,26,30)/t12-/m0/s1. The Bertz CT molecular complexity index is 1420. The summed E-state index contributed by atoms with van der Waals surface area (Å²) in [5.41, 5.74) is 4.92. The molecule has 1 amide bonds. The fourth-order valence-corrected chi connectivity index (χ4v) is 4.36. The number of carbonyl (C=O) groups is 1. The molecule has 0 radical (unpaired) electrons. The summed E-state index contributed by atoms with van der Waals surface area (Å²) in [4.78, 5) is 30.8. The number of benzene rings is 1. The average molecular weight is 430 g/mol. The third-order valence-electron chi connectivity index (χ3n) is 5.09. The van der Waals surface area contributed by atoms with Crippen LogP contribution in [0.5, 0.6) is 5.88 Å². The van der Waals surface area contributed by atoms with Gasteiger partial charge >= 0.3 is 0 Å². The minimum Gasteiger partial charge on any atom is -0.493 e. The number of pyridine rings is 2. The number of nitrogens with one attached hydrogen (secondary N) is 1. The molecule has 9 heteroatoms. The minimum absolute atomic E-state index is 0.119. The number of aryl methyl sites for hydroxylation is 1. The highest BCUT2D eigenvalue weighted by Crippen LogP contribution is 2.33. The summed E-state index contributed by atoms with van der Waals surface area (Å²) >= 11 is 1.53. The second-order valence-electron chi connectivity index (χ2n) is 7.25. The fourth-order valence-electron chi connectivity index (χ4n) is 3.45. The van der Waals surface area contributed by atoms with Crippen molar-refractivity contribution >= 4 is 38.6 Å². The Kier molecular flexibility index (Phi) is 4.59. The SMILES string of the molecule is C[C@H](NC(=O)c1ccc(O)nc1)c1cccc(-c2nc3c(ncc4ncn(C)c43)s2)c1. The van der Waals surface area contributed by atoms with Crippen LogP contribution in [0.15, 0.2) is 55.1 Å². The van der Waals surface area contributed by atoms with Crippen LogP contribution in [-0.4, -0.2) is 35.5 Å². The summed E-state index contributed by atoms with van der Waals surface area (Å²) in [7, 11) is 1.95. The maximum Gasteiger partial charge on any atom is 0.253 e. The van der Waals surface area contributed by atoms with Crippen LogP contribution in [0.1, 0.15) is 28.9 Å². The summed E-state index contributed by atoms with van der Waals surface area (Å²) in [5, 5.41) is 13.1. The van der Waals surface area contributed by atoms with E-state index in [2.05, 4.69) is 20.3 Å². The zero-order chi connectivity index (χ0) is 21.5. The molecule has 31 heavy (non-hydrogen) atoms. The molecular formula is C22H18N6O2S. The van der Waals surface area contributed by atoms with Gasteiger partial charge in [-0.2, -0.15) is 0 Å². The van der Waals surface area contributed by atoms with Crippen LogP contribution in [0.3, 0.4) is 0 Å². The van der Waals surface area contributed by atoms with E-state index in [0.29, 0.717) is 5.56 Å². The van der Waals surface area contributed by atoms with E-state index in [0.717, 1.165) is 37.5 Å². The molecule has 1 aromatic carbocycles. The number of fused-ring (bicyclic) bond motifs is 3. The molecule has 0 saturated heterocycles. The molecule has 0 spiro atoms. The van der Waals surface area contributed by atoms with Crippen LogP contribution in [0.4, 0.5) is 0 Å². The summed E-state index contributed by atoms with van der Waals surface area (Å²) in [6.45, 7) is 1.92. The molecule has 0 saturated carbocycles. The largest absolute Gasteiger partial charge is 0.493 e. The number of aromatic nitrogens is 5. The second kappa shape index (κ2) is 7.44. The highest BCUT2D eigenvalue weighted by atomic mass is 32.1. The molecule has 1 atom stereocenters. The summed E-state index contributed by atoms with van der Waals surface area (Å²) in [6.07, 6.45) is 4.88. The lowest BCUT2D eigenvalue weighted by atomic mass is 10.0. The van der Waals surface area contributed by atoms with Crippen molar-refractivity contribution in [1.29, 1.82) is 0 Å². The lowest BCUT2D eigenvalue weighted by Crippen LogP contribution is -2.26. The summed E-state index contributed by atoms with van der Waals surface area (Å²) in [5.74, 6) is -0.376. The molecule has 0 fully saturated rings. The molecule has 2 N–H and O–H groups in total. The zero-order valence-corrected chi connectivity index (χ0v) is 17.6. The van der Waals surface area contributed by atoms with E-state index < -0.39 is 0 Å². The molecule has 0 bridgehead atoms. The summed E-state index contributed by atoms with van der Waals surface area (Å²) in [6, 6.07) is 10.6. The van der Waals surface area contributed by atoms with Gasteiger partial charge in [0.25, 0.3) is 5.91 Å². The number of hydrogen-bond acceptors (Lipinski definition) is 7. The third kappa shape index (κ3) is 3.49. The van der Waals surface area contributed by atoms with E-state index in [1.54, 1.807) is 12.5 Å². The van der Waals surface area contributed by atoms with Gasteiger partial charge in [-0.25, -0.2) is 19.9 Å². The number of hydrogen-bond donors (Lipinski definition) is 2. The third-order valence-corrected chi connectivity index (χ3v) is 6.11. The maximum absolute atomic E-state index is 12.5. The van der Waals surface area contributed by atoms with Gasteiger partial charge in [0.15, 0.2) is 0 Å². The minimum atomic E-state index is -0.256. The van der Waals surface area contributed by atoms with E-state index in [1.807, 2.05) is 42.8 Å². The molecule has 5 rings (SSSR count). The van der Waals surface area contributed by atoms with Crippen LogP contribution in [-0.2, 0) is 7.05 Å². The Hall–Kier alpha value is -3.85. The highest BCUT2D eigenvalue weighted by Gasteiger charge is 2.16. The number of nitrogens with zero attached hydrogens (tertiary/aromatic N) is 5. The van der Waals surface area contributed by atoms with E-state index in [-0.39, 0.29) is 17.8 Å². The van der Waals surface area contributed by atoms with Crippen LogP contribution in [0, 0.1) is 0 Å². The molecule has 4 aromatic heterocycles. The van der Waals surface area contributed by atoms with Gasteiger partial charge in [0.05, 0.1) is 29.6 Å². The Labute approximate surface area is 181 Å². The van der Waals surface area contributed by atoms with Gasteiger partial charge in [-0.1, -0.05) is 29.5 Å². The maximum atomic E-state index is 12.5. The van der Waals surface area contributed by atoms with Gasteiger partial charge in [0, 0.05) is 24.9 Å². The smallest absolute Gasteiger partial charge is 0.253 e. The van der Waals surface area contributed by atoms with Crippen molar-refractivity contribution in [3.05, 3.63) is 66.2 Å². The molecule has 5 aromatic rings. The monoisotopic (exact) mass is 430 g/mol. The van der Waals surface area contributed by atoms with Crippen molar-refractivity contribution in [1.82, 2.24) is 29.8 Å². The molecule has 0 aliphatic rings. The van der Waals surface area contributed by atoms with Crippen molar-refractivity contribution in [3.8, 4) is 16.5 Å². The van der Waals surface area contributed by atoms with Crippen LogP contribution in [0.2, 0.25) is 0 Å². The first kappa shape index (κ1) is 19.1. The Morgan fingerprint density at radius 1 is 1.16 bits per heavy atom. The van der Waals surface area contributed by atoms with Crippen molar-refractivity contribution < 1.29 is 9.90 Å². The number of rotatable bonds is 4. The van der Waals surface area contributed by atoms with Gasteiger partial charge in [-0.05, 0) is 24.6 Å². The number of imidazole rings is 1. The number of carbonyl (C=O) groups excluding carboxylic acids is 1. The first-order valence-electron chi connectivity index (χ1n) is 9.62. The first-order chi connectivity index (χ1) is 15.0. The quantitative estimate of drug-likeness (QED) is 0.449. The number of amides is 1. The van der Waals surface area contributed by atoms with Gasteiger partial charge < -0.3 is 15.0 Å². The van der Waals surface area contributed by atoms with E-state index >= 15 is 0 Å². The predicted octanol–water partition coefficient (Wildman–Crippen LogP) is 3.84. The van der Waals surface area contributed by atoms with Crippen molar-refractivity contribution in [2.45, 2.75) is 13.0 Å². The van der Waals surface area contributed by atoms with Gasteiger partial charge in [0.1, 0.15) is 20.9 Å². The molecule has 0 unspecified atom stereocenters. The topological polar surface area (TPSA) is 106 Å². The fraction of sp³-hybridized carbons (Fsp3) is 0.136. The zero-order valence-electron chi connectivity index (χ0n) is 16.8. The average Bonchev–Trinajstić information content (AvgIpc) is 3.37. The van der Waals surface area contributed by atoms with E-state index in [1.165, 1.54) is 29.7 Å². The van der Waals surface area contributed by atoms with Gasteiger partial charge in [0.2, 0.25) is 5.88 Å². The number of aromatic hydroxyl groups is 1. The lowest BCUT2D eigenvalue weighted by molar-refractivity contribution is 0.0939. The highest BCUT2D eigenvalue weighted by molar-refractivity contribution is 7.21. The second-order valence-corrected chi connectivity index (χ2v) is 8.22. The summed E-state index contributed by atoms with van der Waals surface area (Å²) < 4.78 is 1.95. The Morgan fingerprint density at radius 3 is 2.84 bits per heavy atom. The molecule has 0 aliphatic carbocycles. The molecule has 0 aliphatic heterocycles.